The van der Waals surface area contributed by atoms with Crippen LogP contribution >= 0.6 is 0 Å². The normalized spacial score (nSPS) is 36.5. The summed E-state index contributed by atoms with van der Waals surface area (Å²) in [6.07, 6.45) is -8.78. The third-order valence-electron chi connectivity index (χ3n) is 12.1. The van der Waals surface area contributed by atoms with Crippen LogP contribution in [0.3, 0.4) is 0 Å². The lowest BCUT2D eigenvalue weighted by molar-refractivity contribution is -0.338. The molecular weight excluding hydrogens is 764 g/mol. The van der Waals surface area contributed by atoms with Gasteiger partial charge in [0.05, 0.1) is 24.9 Å². The number of hydrogen-bond acceptors (Lipinski definition) is 15. The number of methoxy groups -OCH3 is 1. The van der Waals surface area contributed by atoms with Gasteiger partial charge in [-0.25, -0.2) is 4.79 Å². The Morgan fingerprint density at radius 2 is 1.59 bits per heavy atom. The summed E-state index contributed by atoms with van der Waals surface area (Å²) in [5, 5.41) is 69.4. The zero-order valence-electron chi connectivity index (χ0n) is 34.3. The molecule has 8 N–H and O–H groups in total. The Morgan fingerprint density at radius 1 is 0.862 bits per heavy atom. The van der Waals surface area contributed by atoms with E-state index in [9.17, 15) is 49.8 Å². The van der Waals surface area contributed by atoms with E-state index in [1.807, 2.05) is 6.92 Å². The largest absolute Gasteiger partial charge is 0.479 e. The summed E-state index contributed by atoms with van der Waals surface area (Å²) >= 11 is 0. The molecule has 2 aliphatic heterocycles. The number of carbonyl (C=O) groups is 4. The number of carboxylic acids is 1. The molecule has 4 rings (SSSR count). The molecule has 0 spiro atoms. The highest BCUT2D eigenvalue weighted by Gasteiger charge is 2.52. The van der Waals surface area contributed by atoms with Gasteiger partial charge in [0.15, 0.2) is 18.7 Å². The maximum Gasteiger partial charge on any atom is 0.332 e. The van der Waals surface area contributed by atoms with Gasteiger partial charge in [0.25, 0.3) is 0 Å². The first-order valence-electron chi connectivity index (χ1n) is 21.1. The van der Waals surface area contributed by atoms with Crippen molar-refractivity contribution in [3.05, 3.63) is 0 Å². The summed E-state index contributed by atoms with van der Waals surface area (Å²) in [6, 6.07) is -1.29. The van der Waals surface area contributed by atoms with Crippen molar-refractivity contribution in [1.82, 2.24) is 10.6 Å². The number of nitrogens with one attached hydrogen (secondary N) is 2. The van der Waals surface area contributed by atoms with E-state index in [1.165, 1.54) is 13.8 Å². The minimum atomic E-state index is -1.64. The lowest BCUT2D eigenvalue weighted by atomic mass is 9.74. The molecule has 0 bridgehead atoms. The number of amides is 2. The number of aliphatic hydroxyl groups excluding tert-OH is 5. The lowest BCUT2D eigenvalue weighted by Crippen LogP contribution is -2.67. The molecule has 18 heteroatoms. The third-order valence-corrected chi connectivity index (χ3v) is 12.1. The minimum absolute atomic E-state index is 0.0663. The summed E-state index contributed by atoms with van der Waals surface area (Å²) in [6.45, 7) is 4.69. The number of aliphatic carboxylic acids is 1. The van der Waals surface area contributed by atoms with Crippen molar-refractivity contribution in [3.63, 3.8) is 0 Å². The molecule has 4 fully saturated rings. The maximum absolute atomic E-state index is 13.8. The molecule has 2 saturated carbocycles. The van der Waals surface area contributed by atoms with Crippen molar-refractivity contribution in [2.24, 2.45) is 17.8 Å². The highest BCUT2D eigenvalue weighted by molar-refractivity contribution is 5.81. The zero-order chi connectivity index (χ0) is 42.5. The van der Waals surface area contributed by atoms with Gasteiger partial charge in [-0.2, -0.15) is 0 Å². The van der Waals surface area contributed by atoms with Crippen LogP contribution in [-0.2, 0) is 47.6 Å². The molecule has 2 aliphatic carbocycles. The van der Waals surface area contributed by atoms with E-state index in [-0.39, 0.29) is 42.8 Å². The van der Waals surface area contributed by atoms with Crippen LogP contribution < -0.4 is 10.6 Å². The Balaban J connectivity index is 1.60. The van der Waals surface area contributed by atoms with Crippen molar-refractivity contribution in [2.75, 3.05) is 26.9 Å². The highest BCUT2D eigenvalue weighted by Crippen LogP contribution is 2.40. The van der Waals surface area contributed by atoms with E-state index in [0.717, 1.165) is 32.1 Å². The zero-order valence-corrected chi connectivity index (χ0v) is 34.3. The molecule has 0 aromatic heterocycles. The predicted octanol–water partition coefficient (Wildman–Crippen LogP) is 0.304. The molecule has 15 atom stereocenters. The van der Waals surface area contributed by atoms with Gasteiger partial charge >= 0.3 is 5.97 Å². The van der Waals surface area contributed by atoms with Crippen molar-refractivity contribution in [2.45, 2.75) is 184 Å². The minimum Gasteiger partial charge on any atom is -0.479 e. The molecule has 58 heavy (non-hydrogen) atoms. The topological polar surface area (TPSA) is 269 Å². The van der Waals surface area contributed by atoms with E-state index < -0.39 is 104 Å². The average molecular weight is 833 g/mol. The van der Waals surface area contributed by atoms with Gasteiger partial charge < -0.3 is 69.7 Å². The standard InChI is InChI=1S/C40H68N2O16/c1-5-24-18-25(26(45)13-9-15-41-30(46)14-10-16-53-4)19-27(36(24)58-40-35(50)34(49)32(47)21(2)54-40)56-39-31(42-22(3)44)37(33(48)29(20-43)57-39)55-28(38(51)52)17-23-11-7-6-8-12-23/h21,23-25,27-29,31-37,39-40,43,47-50H,5-20H2,1-4H3,(H,41,46)(H,42,44)(H,51,52)/t21?,24?,25?,27-,28+,29+,31?,32-,33+,34+,35?,36-,37?,39-,40+/m1/s1. The maximum atomic E-state index is 13.8. The van der Waals surface area contributed by atoms with Crippen LogP contribution in [0.15, 0.2) is 0 Å². The number of Topliss-reactive ketones (excluding diaryl/α,β-unsaturated/α-hetero) is 1. The first-order valence-corrected chi connectivity index (χ1v) is 21.1. The number of ketones is 1. The summed E-state index contributed by atoms with van der Waals surface area (Å²) in [7, 11) is 1.56. The Bertz CT molecular complexity index is 1300. The van der Waals surface area contributed by atoms with Crippen LogP contribution in [0, 0.1) is 17.8 Å². The van der Waals surface area contributed by atoms with E-state index in [0.29, 0.717) is 45.3 Å². The predicted molar refractivity (Wildman–Crippen MR) is 204 cm³/mol. The molecule has 2 amide bonds. The van der Waals surface area contributed by atoms with Gasteiger partial charge in [-0.15, -0.1) is 0 Å². The van der Waals surface area contributed by atoms with Crippen LogP contribution in [0.4, 0.5) is 0 Å². The number of hydrogen-bond donors (Lipinski definition) is 8. The van der Waals surface area contributed by atoms with Crippen molar-refractivity contribution >= 4 is 23.6 Å². The SMILES string of the molecule is CCC1CC(C(=O)CCCNC(=O)CCCOC)C[C@@H](O[C@@H]2O[C@@H](CO)[C@H](O)C(O[C@@H](CC3CCCCC3)C(=O)O)C2NC(C)=O)[C@@H]1O[C@@H]1OC(C)[C@@H](O)[C@H](O)C1O. The second-order valence-corrected chi connectivity index (χ2v) is 16.4. The van der Waals surface area contributed by atoms with Gasteiger partial charge in [0, 0.05) is 45.9 Å². The molecule has 0 aromatic carbocycles. The molecular formula is C40H68N2O16. The summed E-state index contributed by atoms with van der Waals surface area (Å²) in [4.78, 5) is 51.2. The van der Waals surface area contributed by atoms with E-state index in [1.54, 1.807) is 7.11 Å². The monoisotopic (exact) mass is 832 g/mol. The summed E-state index contributed by atoms with van der Waals surface area (Å²) < 4.78 is 36.1. The van der Waals surface area contributed by atoms with Crippen LogP contribution in [0.25, 0.3) is 0 Å². The van der Waals surface area contributed by atoms with Gasteiger partial charge in [0.2, 0.25) is 11.8 Å². The van der Waals surface area contributed by atoms with Crippen molar-refractivity contribution in [3.8, 4) is 0 Å². The van der Waals surface area contributed by atoms with Crippen LogP contribution in [0.2, 0.25) is 0 Å². The number of aliphatic hydroxyl groups is 5. The first-order chi connectivity index (χ1) is 27.7. The summed E-state index contributed by atoms with van der Waals surface area (Å²) in [5.74, 6) is -2.88. The second-order valence-electron chi connectivity index (χ2n) is 16.4. The molecule has 0 radical (unpaired) electrons. The Morgan fingerprint density at radius 3 is 2.22 bits per heavy atom. The molecule has 334 valence electrons. The van der Waals surface area contributed by atoms with Crippen molar-refractivity contribution < 1.29 is 78.2 Å². The van der Waals surface area contributed by atoms with Gasteiger partial charge in [-0.05, 0) is 50.9 Å². The summed E-state index contributed by atoms with van der Waals surface area (Å²) in [5.41, 5.74) is 0. The lowest BCUT2D eigenvalue weighted by Gasteiger charge is -2.49. The number of carboxylic acid groups (broad SMARTS) is 1. The van der Waals surface area contributed by atoms with Crippen LogP contribution in [0.5, 0.6) is 0 Å². The molecule has 6 unspecified atom stereocenters. The fraction of sp³-hybridized carbons (Fsp3) is 0.900. The van der Waals surface area contributed by atoms with E-state index in [2.05, 4.69) is 10.6 Å². The number of rotatable bonds is 21. The molecule has 18 nitrogen and oxygen atoms in total. The molecule has 2 saturated heterocycles. The molecule has 0 aromatic rings. The molecule has 4 aliphatic rings. The Labute approximate surface area is 340 Å². The number of carbonyl (C=O) groups excluding carboxylic acids is 3. The third kappa shape index (κ3) is 13.3. The van der Waals surface area contributed by atoms with Crippen LogP contribution in [0.1, 0.15) is 104 Å². The van der Waals surface area contributed by atoms with Crippen molar-refractivity contribution in [1.29, 1.82) is 0 Å². The smallest absolute Gasteiger partial charge is 0.332 e. The average Bonchev–Trinajstić information content (AvgIpc) is 3.20. The fourth-order valence-corrected chi connectivity index (χ4v) is 8.78. The fourth-order valence-electron chi connectivity index (χ4n) is 8.78. The van der Waals surface area contributed by atoms with Gasteiger partial charge in [0.1, 0.15) is 48.4 Å². The van der Waals surface area contributed by atoms with E-state index >= 15 is 0 Å². The number of ether oxygens (including phenoxy) is 6. The van der Waals surface area contributed by atoms with Gasteiger partial charge in [-0.3, -0.25) is 14.4 Å². The highest BCUT2D eigenvalue weighted by atomic mass is 16.7. The second kappa shape index (κ2) is 23.6. The first kappa shape index (κ1) is 48.3. The Kier molecular flexibility index (Phi) is 19.6. The Hall–Kier alpha value is -2.36. The van der Waals surface area contributed by atoms with Gasteiger partial charge in [-0.1, -0.05) is 45.4 Å². The van der Waals surface area contributed by atoms with E-state index in [4.69, 9.17) is 28.4 Å². The molecule has 2 heterocycles. The van der Waals surface area contributed by atoms with Crippen LogP contribution in [-0.4, -0.2) is 161 Å². The quantitative estimate of drug-likeness (QED) is 0.0723.